The van der Waals surface area contributed by atoms with Crippen LogP contribution in [0.15, 0.2) is 16.6 Å². The van der Waals surface area contributed by atoms with Gasteiger partial charge in [-0.15, -0.1) is 21.5 Å². The molecule has 104 valence electrons. The minimum absolute atomic E-state index is 0.206. The molecule has 0 atom stereocenters. The van der Waals surface area contributed by atoms with Crippen LogP contribution in [0, 0.1) is 6.92 Å². The number of sulfonamides is 1. The maximum Gasteiger partial charge on any atom is 0.273 e. The lowest BCUT2D eigenvalue weighted by Crippen LogP contribution is -2.29. The molecule has 2 aromatic rings. The van der Waals surface area contributed by atoms with Crippen LogP contribution in [0.2, 0.25) is 0 Å². The van der Waals surface area contributed by atoms with Crippen LogP contribution in [-0.2, 0) is 15.6 Å². The van der Waals surface area contributed by atoms with Gasteiger partial charge in [-0.3, -0.25) is 4.57 Å². The molecule has 6 nitrogen and oxygen atoms in total. The molecule has 0 aliphatic rings. The van der Waals surface area contributed by atoms with Crippen molar-refractivity contribution in [2.45, 2.75) is 38.4 Å². The van der Waals surface area contributed by atoms with Gasteiger partial charge in [0.15, 0.2) is 5.82 Å². The highest BCUT2D eigenvalue weighted by atomic mass is 32.2. The second-order valence-corrected chi connectivity index (χ2v) is 7.66. The molecule has 0 radical (unpaired) electrons. The van der Waals surface area contributed by atoms with E-state index in [0.717, 1.165) is 10.4 Å². The minimum Gasteiger partial charge on any atom is -0.291 e. The second kappa shape index (κ2) is 4.39. The molecule has 0 aromatic carbocycles. The average Bonchev–Trinajstić information content (AvgIpc) is 2.79. The van der Waals surface area contributed by atoms with E-state index < -0.39 is 15.6 Å². The Hall–Kier alpha value is -1.25. The van der Waals surface area contributed by atoms with Crippen molar-refractivity contribution < 1.29 is 8.42 Å². The minimum atomic E-state index is -3.91. The van der Waals surface area contributed by atoms with Crippen LogP contribution in [0.1, 0.15) is 26.3 Å². The number of aryl methyl sites for hydroxylation is 1. The summed E-state index contributed by atoms with van der Waals surface area (Å²) in [5.41, 5.74) is 0.542. The van der Waals surface area contributed by atoms with Gasteiger partial charge in [0.05, 0.1) is 4.88 Å². The van der Waals surface area contributed by atoms with E-state index in [1.54, 1.807) is 4.57 Å². The predicted octanol–water partition coefficient (Wildman–Crippen LogP) is 1.72. The van der Waals surface area contributed by atoms with Crippen LogP contribution in [0.25, 0.3) is 10.7 Å². The number of nitrogens with zero attached hydrogens (tertiary/aromatic N) is 3. The van der Waals surface area contributed by atoms with Crippen molar-refractivity contribution in [3.63, 3.8) is 0 Å². The highest BCUT2D eigenvalue weighted by molar-refractivity contribution is 7.89. The smallest absolute Gasteiger partial charge is 0.273 e. The largest absolute Gasteiger partial charge is 0.291 e. The van der Waals surface area contributed by atoms with Gasteiger partial charge in [0.25, 0.3) is 15.2 Å². The fraction of sp³-hybridized carbons (Fsp3) is 0.455. The zero-order valence-corrected chi connectivity index (χ0v) is 12.8. The zero-order chi connectivity index (χ0) is 14.4. The number of rotatable bonds is 2. The molecule has 0 aliphatic heterocycles. The normalized spacial score (nSPS) is 12.9. The maximum absolute atomic E-state index is 11.6. The molecule has 0 saturated heterocycles. The van der Waals surface area contributed by atoms with Crippen molar-refractivity contribution >= 4 is 21.4 Å². The number of aromatic nitrogens is 3. The van der Waals surface area contributed by atoms with E-state index in [-0.39, 0.29) is 5.16 Å². The predicted molar refractivity (Wildman–Crippen MR) is 74.4 cm³/mol. The molecular weight excluding hydrogens is 284 g/mol. The first-order valence-corrected chi connectivity index (χ1v) is 8.08. The van der Waals surface area contributed by atoms with Gasteiger partial charge in [0.2, 0.25) is 0 Å². The Morgan fingerprint density at radius 1 is 1.32 bits per heavy atom. The Morgan fingerprint density at radius 2 is 1.95 bits per heavy atom. The van der Waals surface area contributed by atoms with E-state index in [1.807, 2.05) is 39.1 Å². The van der Waals surface area contributed by atoms with Crippen LogP contribution in [0.5, 0.6) is 0 Å². The van der Waals surface area contributed by atoms with Crippen LogP contribution >= 0.6 is 11.3 Å². The molecule has 0 unspecified atom stereocenters. The number of primary sulfonamides is 1. The standard InChI is InChI=1S/C11H16N4O2S2/c1-7-5-6-18-8(7)9-13-14-10(19(12,16)17)15(9)11(2,3)4/h5-6H,1-4H3,(H2,12,16,17). The van der Waals surface area contributed by atoms with E-state index in [9.17, 15) is 8.42 Å². The average molecular weight is 300 g/mol. The van der Waals surface area contributed by atoms with Crippen LogP contribution < -0.4 is 5.14 Å². The molecular formula is C11H16N4O2S2. The number of hydrogen-bond donors (Lipinski definition) is 1. The van der Waals surface area contributed by atoms with Crippen molar-refractivity contribution in [2.75, 3.05) is 0 Å². The summed E-state index contributed by atoms with van der Waals surface area (Å²) in [6, 6.07) is 1.96. The van der Waals surface area contributed by atoms with Crippen LogP contribution in [-0.4, -0.2) is 23.2 Å². The fourth-order valence-corrected chi connectivity index (χ4v) is 3.48. The van der Waals surface area contributed by atoms with Gasteiger partial charge < -0.3 is 0 Å². The van der Waals surface area contributed by atoms with Gasteiger partial charge in [-0.2, -0.15) is 0 Å². The molecule has 0 fully saturated rings. The Morgan fingerprint density at radius 3 is 2.37 bits per heavy atom. The van der Waals surface area contributed by atoms with E-state index in [0.29, 0.717) is 5.82 Å². The SMILES string of the molecule is Cc1ccsc1-c1nnc(S(N)(=O)=O)n1C(C)(C)C. The summed E-state index contributed by atoms with van der Waals surface area (Å²) in [5, 5.41) is 14.7. The summed E-state index contributed by atoms with van der Waals surface area (Å²) in [7, 11) is -3.91. The Labute approximate surface area is 116 Å². The topological polar surface area (TPSA) is 90.9 Å². The molecule has 0 amide bonds. The van der Waals surface area contributed by atoms with Crippen molar-refractivity contribution in [3.8, 4) is 10.7 Å². The van der Waals surface area contributed by atoms with Crippen LogP contribution in [0.3, 0.4) is 0 Å². The summed E-state index contributed by atoms with van der Waals surface area (Å²) >= 11 is 1.50. The van der Waals surface area contributed by atoms with Crippen molar-refractivity contribution in [3.05, 3.63) is 17.0 Å². The third-order valence-corrected chi connectivity index (χ3v) is 4.41. The molecule has 8 heteroatoms. The van der Waals surface area contributed by atoms with E-state index in [2.05, 4.69) is 10.2 Å². The Bertz CT molecular complexity index is 707. The van der Waals surface area contributed by atoms with Gasteiger partial charge in [0, 0.05) is 5.54 Å². The molecule has 0 saturated carbocycles. The number of hydrogen-bond acceptors (Lipinski definition) is 5. The van der Waals surface area contributed by atoms with E-state index in [1.165, 1.54) is 11.3 Å². The zero-order valence-electron chi connectivity index (χ0n) is 11.2. The molecule has 0 spiro atoms. The molecule has 2 N–H and O–H groups in total. The molecule has 2 heterocycles. The lowest BCUT2D eigenvalue weighted by atomic mass is 10.1. The summed E-state index contributed by atoms with van der Waals surface area (Å²) in [6.45, 7) is 7.61. The summed E-state index contributed by atoms with van der Waals surface area (Å²) in [4.78, 5) is 0.900. The first-order chi connectivity index (χ1) is 8.62. The Kier molecular flexibility index (Phi) is 3.28. The third kappa shape index (κ3) is 2.56. The Balaban J connectivity index is 2.79. The fourth-order valence-electron chi connectivity index (χ4n) is 1.81. The van der Waals surface area contributed by atoms with Gasteiger partial charge in [-0.1, -0.05) is 0 Å². The second-order valence-electron chi connectivity index (χ2n) is 5.29. The van der Waals surface area contributed by atoms with Crippen LogP contribution in [0.4, 0.5) is 0 Å². The van der Waals surface area contributed by atoms with Gasteiger partial charge in [-0.05, 0) is 44.7 Å². The summed E-state index contributed by atoms with van der Waals surface area (Å²) in [6.07, 6.45) is 0. The summed E-state index contributed by atoms with van der Waals surface area (Å²) < 4.78 is 24.8. The van der Waals surface area contributed by atoms with Gasteiger partial charge >= 0.3 is 0 Å². The number of nitrogens with two attached hydrogens (primary N) is 1. The molecule has 0 bridgehead atoms. The number of thiophene rings is 1. The molecule has 0 aliphatic carbocycles. The monoisotopic (exact) mass is 300 g/mol. The highest BCUT2D eigenvalue weighted by Crippen LogP contribution is 2.32. The van der Waals surface area contributed by atoms with Crippen molar-refractivity contribution in [2.24, 2.45) is 5.14 Å². The van der Waals surface area contributed by atoms with Gasteiger partial charge in [-0.25, -0.2) is 13.6 Å². The maximum atomic E-state index is 11.6. The lowest BCUT2D eigenvalue weighted by molar-refractivity contribution is 0.366. The quantitative estimate of drug-likeness (QED) is 0.914. The van der Waals surface area contributed by atoms with Gasteiger partial charge in [0.1, 0.15) is 0 Å². The lowest BCUT2D eigenvalue weighted by Gasteiger charge is -2.24. The molecule has 2 rings (SSSR count). The van der Waals surface area contributed by atoms with E-state index in [4.69, 9.17) is 5.14 Å². The van der Waals surface area contributed by atoms with Crippen molar-refractivity contribution in [1.82, 2.24) is 14.8 Å². The molecule has 2 aromatic heterocycles. The first-order valence-electron chi connectivity index (χ1n) is 5.65. The molecule has 19 heavy (non-hydrogen) atoms. The summed E-state index contributed by atoms with van der Waals surface area (Å²) in [5.74, 6) is 0.532. The van der Waals surface area contributed by atoms with Crippen molar-refractivity contribution in [1.29, 1.82) is 0 Å². The first kappa shape index (κ1) is 14.2. The highest BCUT2D eigenvalue weighted by Gasteiger charge is 2.30. The third-order valence-electron chi connectivity index (χ3n) is 2.62. The van der Waals surface area contributed by atoms with E-state index >= 15 is 0 Å².